The number of ether oxygens (including phenoxy) is 1. The Hall–Kier alpha value is -4.13. The largest absolute Gasteiger partial charge is 0.494 e. The Kier molecular flexibility index (Phi) is 8.40. The van der Waals surface area contributed by atoms with Crippen LogP contribution in [0.1, 0.15) is 56.9 Å². The van der Waals surface area contributed by atoms with Crippen molar-refractivity contribution in [2.75, 3.05) is 11.9 Å². The molecule has 0 unspecified atom stereocenters. The van der Waals surface area contributed by atoms with Crippen molar-refractivity contribution in [2.24, 2.45) is 5.92 Å². The first-order valence-electron chi connectivity index (χ1n) is 11.1. The number of benzene rings is 3. The van der Waals surface area contributed by atoms with Crippen molar-refractivity contribution >= 4 is 23.4 Å². The smallest absolute Gasteiger partial charge is 0.269 e. The van der Waals surface area contributed by atoms with E-state index in [9.17, 15) is 14.4 Å². The van der Waals surface area contributed by atoms with Crippen LogP contribution in [0.4, 0.5) is 5.69 Å². The quantitative estimate of drug-likeness (QED) is 0.424. The molecule has 176 valence electrons. The summed E-state index contributed by atoms with van der Waals surface area (Å²) in [5, 5.41) is 2.80. The fourth-order valence-electron chi connectivity index (χ4n) is 3.09. The van der Waals surface area contributed by atoms with E-state index in [1.54, 1.807) is 60.7 Å². The van der Waals surface area contributed by atoms with E-state index in [-0.39, 0.29) is 5.91 Å². The van der Waals surface area contributed by atoms with E-state index in [0.717, 1.165) is 12.0 Å². The maximum absolute atomic E-state index is 12.4. The maximum atomic E-state index is 12.4. The van der Waals surface area contributed by atoms with E-state index in [2.05, 4.69) is 30.0 Å². The summed E-state index contributed by atoms with van der Waals surface area (Å²) in [6, 6.07) is 20.4. The number of hydrogen-bond donors (Lipinski definition) is 3. The Bertz CT molecular complexity index is 1160. The van der Waals surface area contributed by atoms with Gasteiger partial charge in [-0.15, -0.1) is 0 Å². The molecular weight excluding hydrogens is 430 g/mol. The van der Waals surface area contributed by atoms with Gasteiger partial charge in [0.25, 0.3) is 17.7 Å². The van der Waals surface area contributed by atoms with Crippen molar-refractivity contribution in [1.29, 1.82) is 0 Å². The Morgan fingerprint density at radius 3 is 2.03 bits per heavy atom. The van der Waals surface area contributed by atoms with Crippen LogP contribution in [0.3, 0.4) is 0 Å². The summed E-state index contributed by atoms with van der Waals surface area (Å²) in [4.78, 5) is 37.2. The van der Waals surface area contributed by atoms with Crippen LogP contribution in [0.2, 0.25) is 0 Å². The molecule has 0 fully saturated rings. The number of nitrogens with one attached hydrogen (secondary N) is 3. The van der Waals surface area contributed by atoms with Crippen LogP contribution in [0.25, 0.3) is 0 Å². The van der Waals surface area contributed by atoms with Crippen LogP contribution < -0.4 is 20.9 Å². The normalized spacial score (nSPS) is 10.5. The minimum atomic E-state index is -0.478. The van der Waals surface area contributed by atoms with Gasteiger partial charge in [0, 0.05) is 22.4 Å². The van der Waals surface area contributed by atoms with Crippen LogP contribution in [-0.4, -0.2) is 24.3 Å². The van der Waals surface area contributed by atoms with E-state index in [4.69, 9.17) is 4.74 Å². The second kappa shape index (κ2) is 11.7. The summed E-state index contributed by atoms with van der Waals surface area (Å²) in [5.74, 6) is -0.0365. The molecule has 0 aliphatic heterocycles. The second-order valence-electron chi connectivity index (χ2n) is 8.37. The molecule has 0 aliphatic rings. The molecule has 0 aromatic heterocycles. The van der Waals surface area contributed by atoms with Crippen molar-refractivity contribution in [3.63, 3.8) is 0 Å². The van der Waals surface area contributed by atoms with Gasteiger partial charge in [-0.2, -0.15) is 0 Å². The average molecular weight is 460 g/mol. The zero-order valence-corrected chi connectivity index (χ0v) is 19.6. The van der Waals surface area contributed by atoms with Gasteiger partial charge >= 0.3 is 0 Å². The van der Waals surface area contributed by atoms with Gasteiger partial charge < -0.3 is 10.1 Å². The third kappa shape index (κ3) is 7.20. The van der Waals surface area contributed by atoms with Gasteiger partial charge in [0.15, 0.2) is 0 Å². The van der Waals surface area contributed by atoms with E-state index in [1.807, 2.05) is 19.1 Å². The van der Waals surface area contributed by atoms with Gasteiger partial charge in [0.2, 0.25) is 0 Å². The molecule has 0 heterocycles. The molecule has 0 aliphatic carbocycles. The van der Waals surface area contributed by atoms with Gasteiger partial charge in [-0.05, 0) is 73.9 Å². The van der Waals surface area contributed by atoms with Crippen molar-refractivity contribution in [3.8, 4) is 5.75 Å². The van der Waals surface area contributed by atoms with E-state index in [0.29, 0.717) is 40.7 Å². The first kappa shape index (κ1) is 24.5. The Morgan fingerprint density at radius 1 is 0.765 bits per heavy atom. The molecule has 3 rings (SSSR count). The number of aryl methyl sites for hydroxylation is 1. The van der Waals surface area contributed by atoms with Crippen LogP contribution in [0.15, 0.2) is 72.8 Å². The highest BCUT2D eigenvalue weighted by Crippen LogP contribution is 2.15. The Labute approximate surface area is 199 Å². The molecule has 7 nitrogen and oxygen atoms in total. The van der Waals surface area contributed by atoms with E-state index in [1.165, 1.54) is 0 Å². The van der Waals surface area contributed by atoms with Crippen LogP contribution in [0.5, 0.6) is 5.75 Å². The fourth-order valence-corrected chi connectivity index (χ4v) is 3.09. The van der Waals surface area contributed by atoms with Crippen molar-refractivity contribution in [3.05, 3.63) is 95.1 Å². The monoisotopic (exact) mass is 459 g/mol. The molecule has 3 N–H and O–H groups in total. The van der Waals surface area contributed by atoms with Crippen LogP contribution in [-0.2, 0) is 0 Å². The summed E-state index contributed by atoms with van der Waals surface area (Å²) in [6.45, 7) is 6.72. The summed E-state index contributed by atoms with van der Waals surface area (Å²) in [6.07, 6.45) is 0.918. The van der Waals surface area contributed by atoms with Crippen molar-refractivity contribution in [1.82, 2.24) is 10.9 Å². The average Bonchev–Trinajstić information content (AvgIpc) is 2.82. The van der Waals surface area contributed by atoms with Gasteiger partial charge in [-0.25, -0.2) is 0 Å². The minimum absolute atomic E-state index is 0.233. The Balaban J connectivity index is 1.52. The number of carbonyl (C=O) groups excluding carboxylic acids is 3. The third-order valence-corrected chi connectivity index (χ3v) is 5.03. The number of anilines is 1. The number of carbonyl (C=O) groups is 3. The fraction of sp³-hybridized carbons (Fsp3) is 0.222. The number of amides is 3. The van der Waals surface area contributed by atoms with E-state index < -0.39 is 11.8 Å². The van der Waals surface area contributed by atoms with E-state index >= 15 is 0 Å². The number of rotatable bonds is 8. The molecule has 3 aromatic rings. The predicted molar refractivity (Wildman–Crippen MR) is 132 cm³/mol. The first-order valence-corrected chi connectivity index (χ1v) is 11.1. The Morgan fingerprint density at radius 2 is 1.38 bits per heavy atom. The minimum Gasteiger partial charge on any atom is -0.494 e. The summed E-state index contributed by atoms with van der Waals surface area (Å²) in [5.41, 5.74) is 7.62. The third-order valence-electron chi connectivity index (χ3n) is 5.03. The van der Waals surface area contributed by atoms with Crippen molar-refractivity contribution in [2.45, 2.75) is 27.2 Å². The molecule has 0 saturated heterocycles. The zero-order chi connectivity index (χ0) is 24.5. The summed E-state index contributed by atoms with van der Waals surface area (Å²) < 4.78 is 5.68. The first-order chi connectivity index (χ1) is 16.3. The van der Waals surface area contributed by atoms with Crippen LogP contribution >= 0.6 is 0 Å². The molecule has 3 amide bonds. The molecule has 0 atom stereocenters. The van der Waals surface area contributed by atoms with Gasteiger partial charge in [0.05, 0.1) is 6.61 Å². The van der Waals surface area contributed by atoms with Gasteiger partial charge in [0.1, 0.15) is 5.75 Å². The lowest BCUT2D eigenvalue weighted by atomic mass is 10.1. The highest BCUT2D eigenvalue weighted by Gasteiger charge is 2.11. The van der Waals surface area contributed by atoms with Crippen molar-refractivity contribution < 1.29 is 19.1 Å². The number of hydrogen-bond acceptors (Lipinski definition) is 4. The molecule has 0 saturated carbocycles. The molecule has 7 heteroatoms. The lowest BCUT2D eigenvalue weighted by Gasteiger charge is -2.11. The van der Waals surface area contributed by atoms with Gasteiger partial charge in [-0.1, -0.05) is 37.6 Å². The molecule has 34 heavy (non-hydrogen) atoms. The molecule has 0 spiro atoms. The second-order valence-corrected chi connectivity index (χ2v) is 8.37. The molecular formula is C27H29N3O4. The molecule has 0 radical (unpaired) electrons. The topological polar surface area (TPSA) is 96.5 Å². The zero-order valence-electron chi connectivity index (χ0n) is 19.6. The number of hydrazine groups is 1. The molecule has 3 aromatic carbocycles. The summed E-state index contributed by atoms with van der Waals surface area (Å²) >= 11 is 0. The SMILES string of the molecule is Cc1cccc(C(=O)Nc2ccc(C(=O)NNC(=O)c3cccc(OCCC(C)C)c3)cc2)c1. The summed E-state index contributed by atoms with van der Waals surface area (Å²) in [7, 11) is 0. The van der Waals surface area contributed by atoms with Gasteiger partial charge in [-0.3, -0.25) is 25.2 Å². The maximum Gasteiger partial charge on any atom is 0.269 e. The highest BCUT2D eigenvalue weighted by molar-refractivity contribution is 6.05. The highest BCUT2D eigenvalue weighted by atomic mass is 16.5. The standard InChI is InChI=1S/C27H29N3O4/c1-18(2)14-15-34-24-9-5-8-22(17-24)27(33)30-29-26(32)20-10-12-23(13-11-20)28-25(31)21-7-4-6-19(3)16-21/h4-13,16-18H,14-15H2,1-3H3,(H,28,31)(H,29,32)(H,30,33). The lowest BCUT2D eigenvalue weighted by Crippen LogP contribution is -2.41. The molecule has 0 bridgehead atoms. The lowest BCUT2D eigenvalue weighted by molar-refractivity contribution is 0.0846. The van der Waals surface area contributed by atoms with Crippen LogP contribution in [0, 0.1) is 12.8 Å². The predicted octanol–water partition coefficient (Wildman–Crippen LogP) is 4.75.